The van der Waals surface area contributed by atoms with E-state index in [4.69, 9.17) is 38.4 Å². The molecule has 0 atom stereocenters. The smallest absolute Gasteiger partial charge is 0.203 e. The number of hydrogen-bond donors (Lipinski definition) is 0. The van der Waals surface area contributed by atoms with Gasteiger partial charge in [-0.05, 0) is 60.0 Å². The zero-order valence-corrected chi connectivity index (χ0v) is 26.5. The van der Waals surface area contributed by atoms with Crippen molar-refractivity contribution in [1.82, 2.24) is 9.97 Å². The first-order valence-corrected chi connectivity index (χ1v) is 14.3. The average Bonchev–Trinajstić information content (AvgIpc) is 3.09. The van der Waals surface area contributed by atoms with E-state index in [2.05, 4.69) is 36.4 Å². The van der Waals surface area contributed by atoms with Crippen molar-refractivity contribution in [2.75, 3.05) is 42.7 Å². The van der Waals surface area contributed by atoms with E-state index >= 15 is 0 Å². The summed E-state index contributed by atoms with van der Waals surface area (Å²) in [5, 5.41) is 0. The summed E-state index contributed by atoms with van der Waals surface area (Å²) in [6.07, 6.45) is 7.83. The fourth-order valence-corrected chi connectivity index (χ4v) is 5.23. The number of ether oxygens (including phenoxy) is 6. The van der Waals surface area contributed by atoms with E-state index in [-0.39, 0.29) is 0 Å². The lowest BCUT2D eigenvalue weighted by Gasteiger charge is -2.16. The van der Waals surface area contributed by atoms with Crippen LogP contribution in [0.15, 0.2) is 79.1 Å². The number of rotatable bonds is 11. The third kappa shape index (κ3) is 6.40. The SMILES string of the molecule is COc1cc(-c2cnc(-c3cnc(-c4cc(OC)c(OC)c(OC)c4)c(C)c3)c(C=Cc3ccccc3)c2)cc(OC)c1OC. The zero-order chi connectivity index (χ0) is 31.9. The molecule has 0 N–H and O–H groups in total. The number of nitrogens with zero attached hydrogens (tertiary/aromatic N) is 2. The van der Waals surface area contributed by atoms with Gasteiger partial charge in [-0.1, -0.05) is 42.5 Å². The molecule has 0 bridgehead atoms. The van der Waals surface area contributed by atoms with Crippen molar-refractivity contribution in [3.05, 3.63) is 95.8 Å². The molecule has 0 radical (unpaired) electrons. The quantitative estimate of drug-likeness (QED) is 0.150. The molecule has 0 aliphatic carbocycles. The van der Waals surface area contributed by atoms with Gasteiger partial charge in [0.15, 0.2) is 23.0 Å². The highest BCUT2D eigenvalue weighted by Crippen LogP contribution is 2.43. The number of aryl methyl sites for hydroxylation is 1. The maximum atomic E-state index is 5.60. The van der Waals surface area contributed by atoms with Gasteiger partial charge >= 0.3 is 0 Å². The van der Waals surface area contributed by atoms with Crippen molar-refractivity contribution in [1.29, 1.82) is 0 Å². The summed E-state index contributed by atoms with van der Waals surface area (Å²) in [6, 6.07) is 22.0. The Balaban J connectivity index is 1.62. The molecule has 8 nitrogen and oxygen atoms in total. The first kappa shape index (κ1) is 30.9. The Morgan fingerprint density at radius 1 is 0.489 bits per heavy atom. The third-order valence-electron chi connectivity index (χ3n) is 7.46. The van der Waals surface area contributed by atoms with Crippen LogP contribution in [0, 0.1) is 6.92 Å². The molecular formula is C37H36N2O6. The normalized spacial score (nSPS) is 10.9. The van der Waals surface area contributed by atoms with Crippen LogP contribution in [-0.2, 0) is 0 Å². The molecule has 0 aliphatic rings. The Morgan fingerprint density at radius 3 is 1.51 bits per heavy atom. The summed E-state index contributed by atoms with van der Waals surface area (Å²) < 4.78 is 33.4. The van der Waals surface area contributed by atoms with Gasteiger partial charge in [0, 0.05) is 34.6 Å². The van der Waals surface area contributed by atoms with E-state index in [0.29, 0.717) is 34.5 Å². The van der Waals surface area contributed by atoms with Crippen LogP contribution in [0.1, 0.15) is 16.7 Å². The highest BCUT2D eigenvalue weighted by Gasteiger charge is 2.18. The van der Waals surface area contributed by atoms with Crippen LogP contribution in [-0.4, -0.2) is 52.6 Å². The third-order valence-corrected chi connectivity index (χ3v) is 7.46. The Kier molecular flexibility index (Phi) is 9.53. The summed E-state index contributed by atoms with van der Waals surface area (Å²) in [5.74, 6) is 3.33. The molecule has 8 heteroatoms. The second-order valence-corrected chi connectivity index (χ2v) is 10.1. The molecule has 45 heavy (non-hydrogen) atoms. The maximum Gasteiger partial charge on any atom is 0.203 e. The van der Waals surface area contributed by atoms with E-state index in [1.807, 2.05) is 61.8 Å². The summed E-state index contributed by atoms with van der Waals surface area (Å²) in [4.78, 5) is 9.82. The minimum atomic E-state index is 0.532. The molecule has 0 aliphatic heterocycles. The predicted octanol–water partition coefficient (Wildman–Crippen LogP) is 8.01. The van der Waals surface area contributed by atoms with Crippen LogP contribution in [0.2, 0.25) is 0 Å². The molecule has 230 valence electrons. The van der Waals surface area contributed by atoms with Crippen molar-refractivity contribution in [3.63, 3.8) is 0 Å². The molecule has 5 rings (SSSR count). The van der Waals surface area contributed by atoms with Crippen LogP contribution in [0.4, 0.5) is 0 Å². The van der Waals surface area contributed by atoms with Crippen LogP contribution in [0.25, 0.3) is 45.8 Å². The Hall–Kier alpha value is -5.50. The predicted molar refractivity (Wildman–Crippen MR) is 178 cm³/mol. The van der Waals surface area contributed by atoms with Crippen LogP contribution in [0.5, 0.6) is 34.5 Å². The topological polar surface area (TPSA) is 81.2 Å². The lowest BCUT2D eigenvalue weighted by molar-refractivity contribution is 0.324. The first-order chi connectivity index (χ1) is 21.9. The molecule has 0 amide bonds. The maximum absolute atomic E-state index is 5.60. The standard InChI is InChI=1S/C37H36N2O6/c1-23-15-29(22-38-34(23)27-19-32(42-4)37(45-7)33(20-27)43-5)35-25(14-13-24-11-9-8-10-12-24)16-28(21-39-35)26-17-30(40-2)36(44-6)31(18-26)41-3/h8-22H,1-7H3. The van der Waals surface area contributed by atoms with Crippen molar-refractivity contribution >= 4 is 12.2 Å². The molecular weight excluding hydrogens is 568 g/mol. The minimum absolute atomic E-state index is 0.532. The van der Waals surface area contributed by atoms with Gasteiger partial charge < -0.3 is 28.4 Å². The Bertz CT molecular complexity index is 1790. The van der Waals surface area contributed by atoms with Gasteiger partial charge in [0.25, 0.3) is 0 Å². The van der Waals surface area contributed by atoms with E-state index < -0.39 is 0 Å². The number of pyridine rings is 2. The van der Waals surface area contributed by atoms with E-state index in [1.165, 1.54) is 0 Å². The molecule has 5 aromatic rings. The highest BCUT2D eigenvalue weighted by atomic mass is 16.5. The molecule has 2 aromatic heterocycles. The van der Waals surface area contributed by atoms with Crippen molar-refractivity contribution in [2.45, 2.75) is 6.92 Å². The summed E-state index contributed by atoms with van der Waals surface area (Å²) in [5.41, 5.74) is 8.07. The molecule has 0 fully saturated rings. The van der Waals surface area contributed by atoms with E-state index in [9.17, 15) is 0 Å². The van der Waals surface area contributed by atoms with Gasteiger partial charge in [-0.2, -0.15) is 0 Å². The van der Waals surface area contributed by atoms with Gasteiger partial charge in [0.2, 0.25) is 11.5 Å². The lowest BCUT2D eigenvalue weighted by Crippen LogP contribution is -1.98. The molecule has 2 heterocycles. The van der Waals surface area contributed by atoms with Gasteiger partial charge in [0.1, 0.15) is 0 Å². The number of hydrogen-bond acceptors (Lipinski definition) is 8. The van der Waals surface area contributed by atoms with Gasteiger partial charge in [-0.25, -0.2) is 0 Å². The van der Waals surface area contributed by atoms with Crippen LogP contribution < -0.4 is 28.4 Å². The first-order valence-electron chi connectivity index (χ1n) is 14.3. The minimum Gasteiger partial charge on any atom is -0.493 e. The molecule has 0 saturated heterocycles. The summed E-state index contributed by atoms with van der Waals surface area (Å²) in [6.45, 7) is 2.03. The van der Waals surface area contributed by atoms with Gasteiger partial charge in [-0.3, -0.25) is 9.97 Å². The number of aromatic nitrogens is 2. The largest absolute Gasteiger partial charge is 0.493 e. The summed E-state index contributed by atoms with van der Waals surface area (Å²) in [7, 11) is 9.58. The molecule has 0 saturated carbocycles. The molecule has 0 unspecified atom stereocenters. The highest BCUT2D eigenvalue weighted by molar-refractivity contribution is 5.83. The average molecular weight is 605 g/mol. The van der Waals surface area contributed by atoms with Crippen molar-refractivity contribution < 1.29 is 28.4 Å². The number of methoxy groups -OCH3 is 6. The van der Waals surface area contributed by atoms with Crippen LogP contribution >= 0.6 is 0 Å². The fourth-order valence-electron chi connectivity index (χ4n) is 5.23. The monoisotopic (exact) mass is 604 g/mol. The van der Waals surface area contributed by atoms with E-state index in [0.717, 1.165) is 50.3 Å². The number of benzene rings is 3. The molecule has 3 aromatic carbocycles. The second-order valence-electron chi connectivity index (χ2n) is 10.1. The second kappa shape index (κ2) is 13.9. The zero-order valence-electron chi connectivity index (χ0n) is 26.5. The molecule has 0 spiro atoms. The van der Waals surface area contributed by atoms with Crippen LogP contribution in [0.3, 0.4) is 0 Å². The van der Waals surface area contributed by atoms with Gasteiger partial charge in [-0.15, -0.1) is 0 Å². The lowest BCUT2D eigenvalue weighted by atomic mass is 9.98. The Labute approximate surface area is 263 Å². The van der Waals surface area contributed by atoms with Crippen molar-refractivity contribution in [2.24, 2.45) is 0 Å². The van der Waals surface area contributed by atoms with E-state index in [1.54, 1.807) is 42.7 Å². The fraction of sp³-hybridized carbons (Fsp3) is 0.189. The Morgan fingerprint density at radius 2 is 1.00 bits per heavy atom. The summed E-state index contributed by atoms with van der Waals surface area (Å²) >= 11 is 0. The van der Waals surface area contributed by atoms with Crippen molar-refractivity contribution in [3.8, 4) is 68.1 Å². The van der Waals surface area contributed by atoms with Gasteiger partial charge in [0.05, 0.1) is 54.0 Å².